The Hall–Kier alpha value is -4.47. The molecule has 0 amide bonds. The number of hydrogen-bond donors (Lipinski definition) is 1. The number of nitrogens with zero attached hydrogens (tertiary/aromatic N) is 4. The Morgan fingerprint density at radius 3 is 2.39 bits per heavy atom. The molecule has 6 rings (SSSR count). The first-order chi connectivity index (χ1) is 19.8. The van der Waals surface area contributed by atoms with Crippen LogP contribution in [-0.2, 0) is 10.0 Å². The average Bonchev–Trinajstić information content (AvgIpc) is 3.42. The third-order valence-electron chi connectivity index (χ3n) is 6.84. The molecule has 1 N–H and O–H groups in total. The van der Waals surface area contributed by atoms with E-state index in [4.69, 9.17) is 31.4 Å². The first kappa shape index (κ1) is 26.7. The number of benzene rings is 4. The Balaban J connectivity index is 1.53. The fraction of sp³-hybridized carbons (Fsp3) is 0.129. The fourth-order valence-corrected chi connectivity index (χ4v) is 5.72. The van der Waals surface area contributed by atoms with E-state index in [2.05, 4.69) is 4.72 Å². The Morgan fingerprint density at radius 1 is 0.927 bits per heavy atom. The number of para-hydroxylation sites is 1. The molecule has 1 atom stereocenters. The summed E-state index contributed by atoms with van der Waals surface area (Å²) in [6, 6.07) is 30.2. The number of anilines is 2. The van der Waals surface area contributed by atoms with Gasteiger partial charge in [-0.2, -0.15) is 5.10 Å². The van der Waals surface area contributed by atoms with Gasteiger partial charge in [-0.15, -0.1) is 0 Å². The van der Waals surface area contributed by atoms with Crippen molar-refractivity contribution in [2.45, 2.75) is 12.5 Å². The quantitative estimate of drug-likeness (QED) is 0.229. The second-order valence-electron chi connectivity index (χ2n) is 9.70. The van der Waals surface area contributed by atoms with Gasteiger partial charge in [0.1, 0.15) is 5.75 Å². The van der Waals surface area contributed by atoms with Gasteiger partial charge in [0.05, 0.1) is 42.0 Å². The smallest absolute Gasteiger partial charge is 0.247 e. The van der Waals surface area contributed by atoms with Crippen LogP contribution in [-0.4, -0.2) is 37.5 Å². The number of hydrogen-bond acceptors (Lipinski definition) is 7. The zero-order valence-electron chi connectivity index (χ0n) is 22.3. The van der Waals surface area contributed by atoms with Crippen LogP contribution in [0.3, 0.4) is 0 Å². The van der Waals surface area contributed by atoms with Crippen LogP contribution in [0.15, 0.2) is 102 Å². The van der Waals surface area contributed by atoms with Crippen LogP contribution in [0.25, 0.3) is 22.2 Å². The summed E-state index contributed by atoms with van der Waals surface area (Å²) in [6.45, 7) is 0. The lowest BCUT2D eigenvalue weighted by molar-refractivity contribution is 0.414. The number of halogens is 1. The number of sulfonamides is 1. The standard InChI is InChI=1S/C31H26ClN5O3S/c1-40-23-15-12-20(13-16-23)29-19-28(24-10-6-7-11-27(24)36-41(2,38)39)35-37(29)31-33-26-17-14-22(32)18-25(26)30(34-31)21-8-4-3-5-9-21/h3-18,29,36H,19H2,1-2H3/t29-/m0/s1. The molecule has 0 fully saturated rings. The normalized spacial score (nSPS) is 15.1. The van der Waals surface area contributed by atoms with Gasteiger partial charge < -0.3 is 4.74 Å². The zero-order valence-corrected chi connectivity index (χ0v) is 23.9. The van der Waals surface area contributed by atoms with E-state index in [-0.39, 0.29) is 6.04 Å². The number of nitrogens with one attached hydrogen (secondary N) is 1. The predicted molar refractivity (Wildman–Crippen MR) is 164 cm³/mol. The van der Waals surface area contributed by atoms with Crippen LogP contribution in [0.1, 0.15) is 23.6 Å². The van der Waals surface area contributed by atoms with E-state index in [0.29, 0.717) is 34.4 Å². The van der Waals surface area contributed by atoms with Gasteiger partial charge in [-0.3, -0.25) is 4.72 Å². The largest absolute Gasteiger partial charge is 0.497 e. The highest BCUT2D eigenvalue weighted by atomic mass is 35.5. The van der Waals surface area contributed by atoms with Crippen LogP contribution >= 0.6 is 11.6 Å². The van der Waals surface area contributed by atoms with Crippen molar-refractivity contribution in [1.29, 1.82) is 0 Å². The SMILES string of the molecule is COc1ccc([C@@H]2CC(c3ccccc3NS(C)(=O)=O)=NN2c2nc(-c3ccccc3)c3cc(Cl)ccc3n2)cc1. The van der Waals surface area contributed by atoms with Gasteiger partial charge in [-0.05, 0) is 42.0 Å². The van der Waals surface area contributed by atoms with Crippen molar-refractivity contribution in [1.82, 2.24) is 9.97 Å². The van der Waals surface area contributed by atoms with Crippen molar-refractivity contribution < 1.29 is 13.2 Å². The summed E-state index contributed by atoms with van der Waals surface area (Å²) < 4.78 is 32.2. The summed E-state index contributed by atoms with van der Waals surface area (Å²) in [5.74, 6) is 1.16. The van der Waals surface area contributed by atoms with Crippen LogP contribution in [0.2, 0.25) is 5.02 Å². The van der Waals surface area contributed by atoms with Crippen molar-refractivity contribution in [2.24, 2.45) is 5.10 Å². The molecule has 0 aliphatic carbocycles. The molecule has 4 aromatic carbocycles. The van der Waals surface area contributed by atoms with Crippen molar-refractivity contribution in [3.8, 4) is 17.0 Å². The molecule has 0 spiro atoms. The molecular weight excluding hydrogens is 558 g/mol. The maximum absolute atomic E-state index is 12.1. The minimum atomic E-state index is -3.50. The molecule has 1 aliphatic heterocycles. The molecule has 0 saturated carbocycles. The molecule has 206 valence electrons. The van der Waals surface area contributed by atoms with Crippen molar-refractivity contribution in [3.05, 3.63) is 113 Å². The van der Waals surface area contributed by atoms with Gasteiger partial charge in [0.25, 0.3) is 0 Å². The maximum atomic E-state index is 12.1. The highest BCUT2D eigenvalue weighted by molar-refractivity contribution is 7.92. The van der Waals surface area contributed by atoms with E-state index < -0.39 is 10.0 Å². The van der Waals surface area contributed by atoms with Gasteiger partial charge in [0, 0.05) is 28.0 Å². The highest BCUT2D eigenvalue weighted by Gasteiger charge is 2.33. The summed E-state index contributed by atoms with van der Waals surface area (Å²) in [4.78, 5) is 9.94. The molecule has 0 bridgehead atoms. The second-order valence-corrected chi connectivity index (χ2v) is 11.9. The molecule has 8 nitrogen and oxygen atoms in total. The molecule has 0 radical (unpaired) electrons. The number of ether oxygens (including phenoxy) is 1. The molecule has 1 aliphatic rings. The zero-order chi connectivity index (χ0) is 28.6. The Bertz CT molecular complexity index is 1880. The summed E-state index contributed by atoms with van der Waals surface area (Å²) in [5, 5.41) is 8.25. The minimum Gasteiger partial charge on any atom is -0.497 e. The van der Waals surface area contributed by atoms with E-state index >= 15 is 0 Å². The van der Waals surface area contributed by atoms with E-state index in [1.54, 1.807) is 19.2 Å². The van der Waals surface area contributed by atoms with Crippen LogP contribution < -0.4 is 14.5 Å². The van der Waals surface area contributed by atoms with Gasteiger partial charge in [-0.1, -0.05) is 72.3 Å². The van der Waals surface area contributed by atoms with Crippen molar-refractivity contribution in [2.75, 3.05) is 23.1 Å². The fourth-order valence-electron chi connectivity index (χ4n) is 4.97. The summed E-state index contributed by atoms with van der Waals surface area (Å²) in [7, 11) is -1.87. The van der Waals surface area contributed by atoms with Crippen LogP contribution in [0.5, 0.6) is 5.75 Å². The lowest BCUT2D eigenvalue weighted by Gasteiger charge is -2.23. The number of fused-ring (bicyclic) bond motifs is 1. The monoisotopic (exact) mass is 583 g/mol. The van der Waals surface area contributed by atoms with Gasteiger partial charge in [0.15, 0.2) is 0 Å². The van der Waals surface area contributed by atoms with Crippen LogP contribution in [0, 0.1) is 0 Å². The van der Waals surface area contributed by atoms with E-state index in [1.807, 2.05) is 89.9 Å². The number of methoxy groups -OCH3 is 1. The molecule has 1 aromatic heterocycles. The first-order valence-electron chi connectivity index (χ1n) is 12.9. The maximum Gasteiger partial charge on any atom is 0.247 e. The minimum absolute atomic E-state index is 0.254. The molecule has 5 aromatic rings. The number of hydrazone groups is 1. The van der Waals surface area contributed by atoms with E-state index in [0.717, 1.165) is 39.7 Å². The second kappa shape index (κ2) is 10.8. The van der Waals surface area contributed by atoms with Crippen molar-refractivity contribution >= 4 is 49.9 Å². The summed E-state index contributed by atoms with van der Waals surface area (Å²) in [6.07, 6.45) is 1.63. The predicted octanol–water partition coefficient (Wildman–Crippen LogP) is 6.69. The molecular formula is C31H26ClN5O3S. The van der Waals surface area contributed by atoms with Gasteiger partial charge in [-0.25, -0.2) is 23.4 Å². The third-order valence-corrected chi connectivity index (χ3v) is 7.67. The van der Waals surface area contributed by atoms with E-state index in [9.17, 15) is 8.42 Å². The summed E-state index contributed by atoms with van der Waals surface area (Å²) >= 11 is 6.37. The van der Waals surface area contributed by atoms with Gasteiger partial charge in [0.2, 0.25) is 16.0 Å². The lowest BCUT2D eigenvalue weighted by Crippen LogP contribution is -2.21. The van der Waals surface area contributed by atoms with Crippen molar-refractivity contribution in [3.63, 3.8) is 0 Å². The molecule has 0 unspecified atom stereocenters. The highest BCUT2D eigenvalue weighted by Crippen LogP contribution is 2.39. The lowest BCUT2D eigenvalue weighted by atomic mass is 9.97. The molecule has 10 heteroatoms. The van der Waals surface area contributed by atoms with Crippen LogP contribution in [0.4, 0.5) is 11.6 Å². The third kappa shape index (κ3) is 5.59. The summed E-state index contributed by atoms with van der Waals surface area (Å²) in [5.41, 5.74) is 5.24. The van der Waals surface area contributed by atoms with E-state index in [1.165, 1.54) is 0 Å². The molecule has 2 heterocycles. The Labute approximate surface area is 243 Å². The average molecular weight is 584 g/mol. The Kier molecular flexibility index (Phi) is 7.07. The van der Waals surface area contributed by atoms with Gasteiger partial charge >= 0.3 is 0 Å². The first-order valence-corrected chi connectivity index (χ1v) is 15.2. The Morgan fingerprint density at radius 2 is 1.66 bits per heavy atom. The molecule has 0 saturated heterocycles. The molecule has 41 heavy (non-hydrogen) atoms. The topological polar surface area (TPSA) is 96.8 Å². The number of rotatable bonds is 7. The number of aromatic nitrogens is 2.